The Morgan fingerprint density at radius 2 is 1.50 bits per heavy atom. The second-order valence-corrected chi connectivity index (χ2v) is 5.44. The fraction of sp³-hybridized carbons (Fsp3) is 0.118. The van der Waals surface area contributed by atoms with Crippen molar-refractivity contribution < 1.29 is 19.1 Å². The molecule has 24 heavy (non-hydrogen) atoms. The number of hydrogen-bond donors (Lipinski definition) is 2. The van der Waals surface area contributed by atoms with E-state index >= 15 is 0 Å². The molecule has 2 amide bonds. The van der Waals surface area contributed by atoms with Crippen LogP contribution in [0.4, 0.5) is 11.4 Å². The molecule has 0 aliphatic heterocycles. The van der Waals surface area contributed by atoms with Crippen molar-refractivity contribution in [1.82, 2.24) is 0 Å². The Hall–Kier alpha value is -2.86. The molecule has 6 nitrogen and oxygen atoms in total. The summed E-state index contributed by atoms with van der Waals surface area (Å²) in [6.07, 6.45) is 0. The summed E-state index contributed by atoms with van der Waals surface area (Å²) in [6.45, 7) is 2.68. The van der Waals surface area contributed by atoms with Crippen LogP contribution in [0, 0.1) is 0 Å². The Kier molecular flexibility index (Phi) is 5.55. The van der Waals surface area contributed by atoms with Gasteiger partial charge in [-0.15, -0.1) is 0 Å². The summed E-state index contributed by atoms with van der Waals surface area (Å²) >= 11 is 5.85. The van der Waals surface area contributed by atoms with Crippen LogP contribution >= 0.6 is 11.6 Å². The lowest BCUT2D eigenvalue weighted by Gasteiger charge is -2.10. The highest BCUT2D eigenvalue weighted by Crippen LogP contribution is 2.22. The first-order valence-corrected chi connectivity index (χ1v) is 7.39. The van der Waals surface area contributed by atoms with Gasteiger partial charge in [-0.1, -0.05) is 17.7 Å². The van der Waals surface area contributed by atoms with Gasteiger partial charge in [-0.25, -0.2) is 4.79 Å². The number of halogens is 1. The first kappa shape index (κ1) is 17.5. The third kappa shape index (κ3) is 5.10. The third-order valence-corrected chi connectivity index (χ3v) is 3.05. The molecule has 0 heterocycles. The summed E-state index contributed by atoms with van der Waals surface area (Å²) in [5.74, 6) is -0.956. The third-order valence-electron chi connectivity index (χ3n) is 2.82. The molecule has 2 aromatic carbocycles. The van der Waals surface area contributed by atoms with Gasteiger partial charge in [-0.2, -0.15) is 0 Å². The van der Waals surface area contributed by atoms with Crippen LogP contribution in [0.5, 0.6) is 5.75 Å². The number of anilines is 2. The zero-order valence-electron chi connectivity index (χ0n) is 13.1. The molecule has 124 valence electrons. The standard InChI is InChI=1S/C17H15ClN2O4/c1-10(21)19-14-6-12(7-15(9-14)20-11(2)22)17(23)24-16-5-3-4-13(18)8-16/h3-9H,1-2H3,(H,19,21)(H,20,22). The van der Waals surface area contributed by atoms with E-state index in [1.807, 2.05) is 0 Å². The van der Waals surface area contributed by atoms with Crippen molar-refractivity contribution >= 4 is 40.8 Å². The van der Waals surface area contributed by atoms with E-state index in [4.69, 9.17) is 16.3 Å². The van der Waals surface area contributed by atoms with Crippen LogP contribution in [0.15, 0.2) is 42.5 Å². The predicted octanol–water partition coefficient (Wildman–Crippen LogP) is 3.48. The lowest BCUT2D eigenvalue weighted by atomic mass is 10.1. The summed E-state index contributed by atoms with van der Waals surface area (Å²) in [4.78, 5) is 34.8. The molecule has 0 bridgehead atoms. The van der Waals surface area contributed by atoms with Crippen LogP contribution in [0.25, 0.3) is 0 Å². The molecule has 7 heteroatoms. The molecule has 2 aromatic rings. The second-order valence-electron chi connectivity index (χ2n) is 5.01. The number of ether oxygens (including phenoxy) is 1. The molecule has 0 aromatic heterocycles. The minimum absolute atomic E-state index is 0.171. The zero-order chi connectivity index (χ0) is 17.7. The lowest BCUT2D eigenvalue weighted by Crippen LogP contribution is -2.13. The molecular formula is C17H15ClN2O4. The molecule has 0 saturated carbocycles. The van der Waals surface area contributed by atoms with Crippen molar-refractivity contribution in [1.29, 1.82) is 0 Å². The summed E-state index contributed by atoms with van der Waals surface area (Å²) in [6, 6.07) is 10.9. The molecule has 0 spiro atoms. The van der Waals surface area contributed by atoms with E-state index in [1.165, 1.54) is 32.0 Å². The minimum Gasteiger partial charge on any atom is -0.423 e. The van der Waals surface area contributed by atoms with Gasteiger partial charge in [0.05, 0.1) is 5.56 Å². The van der Waals surface area contributed by atoms with E-state index in [1.54, 1.807) is 24.3 Å². The van der Waals surface area contributed by atoms with Crippen LogP contribution in [0.2, 0.25) is 5.02 Å². The van der Waals surface area contributed by atoms with Gasteiger partial charge in [0.1, 0.15) is 5.75 Å². The van der Waals surface area contributed by atoms with Gasteiger partial charge in [0, 0.05) is 30.2 Å². The molecule has 0 saturated heterocycles. The minimum atomic E-state index is -0.643. The number of benzene rings is 2. The van der Waals surface area contributed by atoms with E-state index < -0.39 is 5.97 Å². The highest BCUT2D eigenvalue weighted by Gasteiger charge is 2.13. The van der Waals surface area contributed by atoms with Gasteiger partial charge in [-0.3, -0.25) is 9.59 Å². The van der Waals surface area contributed by atoms with Gasteiger partial charge in [0.15, 0.2) is 0 Å². The summed E-state index contributed by atoms with van der Waals surface area (Å²) in [5.41, 5.74) is 0.906. The van der Waals surface area contributed by atoms with Crippen LogP contribution in [0.1, 0.15) is 24.2 Å². The molecule has 0 aliphatic rings. The van der Waals surface area contributed by atoms with E-state index in [-0.39, 0.29) is 17.4 Å². The van der Waals surface area contributed by atoms with Crippen LogP contribution in [-0.2, 0) is 9.59 Å². The molecular weight excluding hydrogens is 332 g/mol. The van der Waals surface area contributed by atoms with Gasteiger partial charge in [0.25, 0.3) is 0 Å². The maximum atomic E-state index is 12.3. The summed E-state index contributed by atoms with van der Waals surface area (Å²) in [5, 5.41) is 5.57. The molecule has 0 unspecified atom stereocenters. The Morgan fingerprint density at radius 3 is 2.00 bits per heavy atom. The number of carbonyl (C=O) groups excluding carboxylic acids is 3. The van der Waals surface area contributed by atoms with Gasteiger partial charge >= 0.3 is 5.97 Å². The number of esters is 1. The topological polar surface area (TPSA) is 84.5 Å². The first-order valence-electron chi connectivity index (χ1n) is 7.01. The predicted molar refractivity (Wildman–Crippen MR) is 91.5 cm³/mol. The van der Waals surface area contributed by atoms with Crippen molar-refractivity contribution in [3.8, 4) is 5.75 Å². The molecule has 0 aliphatic carbocycles. The highest BCUT2D eigenvalue weighted by molar-refractivity contribution is 6.30. The average Bonchev–Trinajstić information content (AvgIpc) is 2.45. The second kappa shape index (κ2) is 7.61. The SMILES string of the molecule is CC(=O)Nc1cc(NC(C)=O)cc(C(=O)Oc2cccc(Cl)c2)c1. The lowest BCUT2D eigenvalue weighted by molar-refractivity contribution is -0.115. The highest BCUT2D eigenvalue weighted by atomic mass is 35.5. The van der Waals surface area contributed by atoms with Gasteiger partial charge < -0.3 is 15.4 Å². The monoisotopic (exact) mass is 346 g/mol. The van der Waals surface area contributed by atoms with Crippen LogP contribution < -0.4 is 15.4 Å². The Bertz CT molecular complexity index is 771. The number of hydrogen-bond acceptors (Lipinski definition) is 4. The Balaban J connectivity index is 2.30. The zero-order valence-corrected chi connectivity index (χ0v) is 13.8. The van der Waals surface area contributed by atoms with Gasteiger partial charge in [-0.05, 0) is 36.4 Å². The fourth-order valence-electron chi connectivity index (χ4n) is 1.99. The van der Waals surface area contributed by atoms with Crippen molar-refractivity contribution in [2.45, 2.75) is 13.8 Å². The maximum absolute atomic E-state index is 12.3. The van der Waals surface area contributed by atoms with E-state index in [9.17, 15) is 14.4 Å². The Labute approximate surface area is 143 Å². The largest absolute Gasteiger partial charge is 0.423 e. The average molecular weight is 347 g/mol. The van der Waals surface area contributed by atoms with Crippen molar-refractivity contribution in [2.24, 2.45) is 0 Å². The molecule has 0 radical (unpaired) electrons. The molecule has 2 N–H and O–H groups in total. The number of amides is 2. The Morgan fingerprint density at radius 1 is 0.917 bits per heavy atom. The van der Waals surface area contributed by atoms with E-state index in [0.29, 0.717) is 22.1 Å². The molecule has 0 atom stereocenters. The number of nitrogens with one attached hydrogen (secondary N) is 2. The summed E-state index contributed by atoms with van der Waals surface area (Å²) < 4.78 is 5.25. The van der Waals surface area contributed by atoms with Crippen LogP contribution in [0.3, 0.4) is 0 Å². The fourth-order valence-corrected chi connectivity index (χ4v) is 2.17. The quantitative estimate of drug-likeness (QED) is 0.655. The molecule has 2 rings (SSSR count). The van der Waals surface area contributed by atoms with Crippen molar-refractivity contribution in [3.63, 3.8) is 0 Å². The van der Waals surface area contributed by atoms with Crippen LogP contribution in [-0.4, -0.2) is 17.8 Å². The number of rotatable bonds is 4. The van der Waals surface area contributed by atoms with Gasteiger partial charge in [0.2, 0.25) is 11.8 Å². The summed E-state index contributed by atoms with van der Waals surface area (Å²) in [7, 11) is 0. The van der Waals surface area contributed by atoms with E-state index in [0.717, 1.165) is 0 Å². The van der Waals surface area contributed by atoms with Crippen molar-refractivity contribution in [3.05, 3.63) is 53.1 Å². The molecule has 0 fully saturated rings. The normalized spacial score (nSPS) is 9.96. The first-order chi connectivity index (χ1) is 11.3. The smallest absolute Gasteiger partial charge is 0.343 e. The maximum Gasteiger partial charge on any atom is 0.343 e. The van der Waals surface area contributed by atoms with Crippen molar-refractivity contribution in [2.75, 3.05) is 10.6 Å². The van der Waals surface area contributed by atoms with E-state index in [2.05, 4.69) is 10.6 Å². The number of carbonyl (C=O) groups is 3.